The van der Waals surface area contributed by atoms with E-state index in [4.69, 9.17) is 10.9 Å². The fraction of sp³-hybridized carbons (Fsp3) is 0.273. The summed E-state index contributed by atoms with van der Waals surface area (Å²) in [5, 5.41) is 23.5. The van der Waals surface area contributed by atoms with Crippen LogP contribution in [0, 0.1) is 9.49 Å². The lowest BCUT2D eigenvalue weighted by atomic mass is 10.1. The molecule has 5 N–H and O–H groups in total. The minimum atomic E-state index is -0.399. The molecule has 1 unspecified atom stereocenters. The SMILES string of the molecule is CC(CNC(=O)c1cc(I)ccc1O)/C(N)=N/O. The lowest BCUT2D eigenvalue weighted by Crippen LogP contribution is -2.34. The first-order valence-corrected chi connectivity index (χ1v) is 6.27. The van der Waals surface area contributed by atoms with E-state index >= 15 is 0 Å². The van der Waals surface area contributed by atoms with Crippen LogP contribution in [0.2, 0.25) is 0 Å². The molecule has 1 aromatic rings. The molecule has 1 amide bonds. The first-order chi connectivity index (χ1) is 8.45. The molecule has 1 aromatic carbocycles. The number of carbonyl (C=O) groups excluding carboxylic acids is 1. The summed E-state index contributed by atoms with van der Waals surface area (Å²) in [6.45, 7) is 1.93. The number of nitrogens with zero attached hydrogens (tertiary/aromatic N) is 1. The maximum Gasteiger partial charge on any atom is 0.255 e. The van der Waals surface area contributed by atoms with Crippen LogP contribution < -0.4 is 11.1 Å². The number of nitrogens with two attached hydrogens (primary N) is 1. The summed E-state index contributed by atoms with van der Waals surface area (Å²) in [7, 11) is 0. The summed E-state index contributed by atoms with van der Waals surface area (Å²) >= 11 is 2.05. The van der Waals surface area contributed by atoms with Gasteiger partial charge in [-0.05, 0) is 40.8 Å². The molecule has 0 bridgehead atoms. The van der Waals surface area contributed by atoms with Crippen LogP contribution in [0.3, 0.4) is 0 Å². The van der Waals surface area contributed by atoms with Crippen molar-refractivity contribution < 1.29 is 15.1 Å². The Kier molecular flexibility index (Phi) is 5.20. The summed E-state index contributed by atoms with van der Waals surface area (Å²) in [5.41, 5.74) is 5.60. The van der Waals surface area contributed by atoms with E-state index in [2.05, 4.69) is 33.1 Å². The highest BCUT2D eigenvalue weighted by atomic mass is 127. The lowest BCUT2D eigenvalue weighted by Gasteiger charge is -2.11. The van der Waals surface area contributed by atoms with E-state index in [0.717, 1.165) is 3.57 Å². The average molecular weight is 363 g/mol. The van der Waals surface area contributed by atoms with Crippen molar-refractivity contribution >= 4 is 34.3 Å². The number of benzene rings is 1. The van der Waals surface area contributed by atoms with Crippen LogP contribution in [-0.4, -0.2) is 28.6 Å². The lowest BCUT2D eigenvalue weighted by molar-refractivity contribution is 0.0948. The smallest absolute Gasteiger partial charge is 0.255 e. The van der Waals surface area contributed by atoms with Gasteiger partial charge in [-0.25, -0.2) is 0 Å². The number of oxime groups is 1. The molecule has 98 valence electrons. The van der Waals surface area contributed by atoms with Crippen LogP contribution in [0.1, 0.15) is 17.3 Å². The van der Waals surface area contributed by atoms with E-state index < -0.39 is 5.91 Å². The first kappa shape index (κ1) is 14.6. The first-order valence-electron chi connectivity index (χ1n) is 5.19. The summed E-state index contributed by atoms with van der Waals surface area (Å²) < 4.78 is 0.847. The van der Waals surface area contributed by atoms with Crippen LogP contribution in [0.5, 0.6) is 5.75 Å². The topological polar surface area (TPSA) is 108 Å². The van der Waals surface area contributed by atoms with Gasteiger partial charge in [0.2, 0.25) is 0 Å². The van der Waals surface area contributed by atoms with Gasteiger partial charge in [-0.3, -0.25) is 4.79 Å². The zero-order chi connectivity index (χ0) is 13.7. The quantitative estimate of drug-likeness (QED) is 0.211. The molecule has 18 heavy (non-hydrogen) atoms. The van der Waals surface area contributed by atoms with Crippen molar-refractivity contribution in [2.24, 2.45) is 16.8 Å². The highest BCUT2D eigenvalue weighted by Crippen LogP contribution is 2.19. The van der Waals surface area contributed by atoms with E-state index in [1.54, 1.807) is 19.1 Å². The highest BCUT2D eigenvalue weighted by molar-refractivity contribution is 14.1. The molecule has 1 atom stereocenters. The van der Waals surface area contributed by atoms with Crippen LogP contribution in [-0.2, 0) is 0 Å². The van der Waals surface area contributed by atoms with Crippen LogP contribution in [0.25, 0.3) is 0 Å². The minimum absolute atomic E-state index is 0.0437. The summed E-state index contributed by atoms with van der Waals surface area (Å²) in [5.74, 6) is -0.723. The monoisotopic (exact) mass is 363 g/mol. The third-order valence-corrected chi connectivity index (χ3v) is 3.06. The molecule has 6 nitrogen and oxygen atoms in total. The van der Waals surface area contributed by atoms with Crippen LogP contribution in [0.15, 0.2) is 23.4 Å². The van der Waals surface area contributed by atoms with E-state index in [1.165, 1.54) is 6.07 Å². The van der Waals surface area contributed by atoms with Crippen LogP contribution >= 0.6 is 22.6 Å². The molecule has 0 saturated heterocycles. The number of rotatable bonds is 4. The van der Waals surface area contributed by atoms with Gasteiger partial charge in [0, 0.05) is 16.0 Å². The molecule has 0 spiro atoms. The second-order valence-electron chi connectivity index (χ2n) is 3.80. The molecule has 0 aliphatic heterocycles. The number of nitrogens with one attached hydrogen (secondary N) is 1. The molecule has 0 fully saturated rings. The molecule has 1 rings (SSSR count). The van der Waals surface area contributed by atoms with Crippen molar-refractivity contribution in [2.45, 2.75) is 6.92 Å². The second-order valence-corrected chi connectivity index (χ2v) is 5.04. The standard InChI is InChI=1S/C11H14IN3O3/c1-6(10(13)15-18)5-14-11(17)8-4-7(12)2-3-9(8)16/h2-4,6,16,18H,5H2,1H3,(H2,13,15)(H,14,17). The number of carbonyl (C=O) groups is 1. The molecule has 0 radical (unpaired) electrons. The van der Waals surface area contributed by atoms with Gasteiger partial charge in [0.25, 0.3) is 5.91 Å². The maximum absolute atomic E-state index is 11.8. The van der Waals surface area contributed by atoms with Gasteiger partial charge in [0.15, 0.2) is 0 Å². The van der Waals surface area contributed by atoms with Gasteiger partial charge in [0.1, 0.15) is 11.6 Å². The molecule has 0 heterocycles. The highest BCUT2D eigenvalue weighted by Gasteiger charge is 2.14. The Morgan fingerprint density at radius 1 is 1.61 bits per heavy atom. The van der Waals surface area contributed by atoms with Gasteiger partial charge in [-0.15, -0.1) is 0 Å². The predicted molar refractivity (Wildman–Crippen MR) is 75.7 cm³/mol. The molecular formula is C11H14IN3O3. The third-order valence-electron chi connectivity index (χ3n) is 2.39. The predicted octanol–water partition coefficient (Wildman–Crippen LogP) is 1.11. The van der Waals surface area contributed by atoms with E-state index in [9.17, 15) is 9.90 Å². The number of amides is 1. The largest absolute Gasteiger partial charge is 0.507 e. The van der Waals surface area contributed by atoms with Crippen molar-refractivity contribution in [1.29, 1.82) is 0 Å². The molecule has 0 aliphatic rings. The third kappa shape index (κ3) is 3.76. The molecule has 7 heteroatoms. The number of halogens is 1. The number of hydrogen-bond donors (Lipinski definition) is 4. The van der Waals surface area contributed by atoms with Crippen molar-refractivity contribution in [2.75, 3.05) is 6.54 Å². The van der Waals surface area contributed by atoms with E-state index in [0.29, 0.717) is 0 Å². The summed E-state index contributed by atoms with van der Waals surface area (Å²) in [6.07, 6.45) is 0. The van der Waals surface area contributed by atoms with Crippen molar-refractivity contribution in [1.82, 2.24) is 5.32 Å². The second kappa shape index (κ2) is 6.43. The normalized spacial score (nSPS) is 13.1. The Hall–Kier alpha value is -1.51. The van der Waals surface area contributed by atoms with Gasteiger partial charge in [-0.1, -0.05) is 12.1 Å². The summed E-state index contributed by atoms with van der Waals surface area (Å²) in [4.78, 5) is 11.8. The van der Waals surface area contributed by atoms with Crippen LogP contribution in [0.4, 0.5) is 0 Å². The number of phenols is 1. The molecule has 0 saturated carbocycles. The van der Waals surface area contributed by atoms with Gasteiger partial charge < -0.3 is 21.4 Å². The summed E-state index contributed by atoms with van der Waals surface area (Å²) in [6, 6.07) is 4.74. The Bertz CT molecular complexity index is 477. The Morgan fingerprint density at radius 2 is 2.28 bits per heavy atom. The van der Waals surface area contributed by atoms with Gasteiger partial charge >= 0.3 is 0 Å². The van der Waals surface area contributed by atoms with E-state index in [-0.39, 0.29) is 29.6 Å². The Labute approximate surface area is 118 Å². The zero-order valence-electron chi connectivity index (χ0n) is 9.72. The van der Waals surface area contributed by atoms with Crippen molar-refractivity contribution in [3.8, 4) is 5.75 Å². The molecular weight excluding hydrogens is 349 g/mol. The zero-order valence-corrected chi connectivity index (χ0v) is 11.9. The fourth-order valence-electron chi connectivity index (χ4n) is 1.23. The average Bonchev–Trinajstić information content (AvgIpc) is 2.37. The number of aromatic hydroxyl groups is 1. The number of amidine groups is 1. The number of hydrogen-bond acceptors (Lipinski definition) is 4. The fourth-order valence-corrected chi connectivity index (χ4v) is 1.73. The minimum Gasteiger partial charge on any atom is -0.507 e. The Balaban J connectivity index is 2.69. The molecule has 0 aliphatic carbocycles. The molecule has 0 aromatic heterocycles. The van der Waals surface area contributed by atoms with Gasteiger partial charge in [0.05, 0.1) is 5.56 Å². The number of phenolic OH excluding ortho intramolecular Hbond substituents is 1. The Morgan fingerprint density at radius 3 is 2.89 bits per heavy atom. The maximum atomic E-state index is 11.8. The van der Waals surface area contributed by atoms with Crippen molar-refractivity contribution in [3.63, 3.8) is 0 Å². The van der Waals surface area contributed by atoms with Crippen molar-refractivity contribution in [3.05, 3.63) is 27.3 Å². The van der Waals surface area contributed by atoms with E-state index in [1.807, 2.05) is 0 Å². The van der Waals surface area contributed by atoms with Gasteiger partial charge in [-0.2, -0.15) is 0 Å².